The van der Waals surface area contributed by atoms with Gasteiger partial charge in [-0.3, -0.25) is 20.2 Å². The van der Waals surface area contributed by atoms with Crippen LogP contribution in [0, 0.1) is 20.2 Å². The van der Waals surface area contributed by atoms with Crippen molar-refractivity contribution in [2.75, 3.05) is 0 Å². The Hall–Kier alpha value is -1.96. The van der Waals surface area contributed by atoms with Crippen LogP contribution >= 0.6 is 22.2 Å². The van der Waals surface area contributed by atoms with Crippen LogP contribution in [-0.2, 0) is 0 Å². The Labute approximate surface area is 129 Å². The minimum absolute atomic E-state index is 0.118. The summed E-state index contributed by atoms with van der Waals surface area (Å²) < 4.78 is 0. The zero-order valence-corrected chi connectivity index (χ0v) is 12.9. The third kappa shape index (κ3) is 2.89. The van der Waals surface area contributed by atoms with E-state index in [9.17, 15) is 20.2 Å². The van der Waals surface area contributed by atoms with Crippen molar-refractivity contribution in [3.8, 4) is 0 Å². The molecule has 0 amide bonds. The second kappa shape index (κ2) is 5.80. The number of para-hydroxylation sites is 2. The van der Waals surface area contributed by atoms with Crippen molar-refractivity contribution in [1.29, 1.82) is 0 Å². The number of benzene rings is 2. The lowest BCUT2D eigenvalue weighted by Crippen LogP contribution is -2.50. The molecule has 6 nitrogen and oxygen atoms in total. The van der Waals surface area contributed by atoms with E-state index in [1.165, 1.54) is 36.4 Å². The van der Waals surface area contributed by atoms with Gasteiger partial charge < -0.3 is 0 Å². The third-order valence-electron chi connectivity index (χ3n) is 2.88. The van der Waals surface area contributed by atoms with Crippen molar-refractivity contribution in [3.05, 3.63) is 68.8 Å². The van der Waals surface area contributed by atoms with Gasteiger partial charge in [0, 0.05) is 12.1 Å². The van der Waals surface area contributed by atoms with Crippen LogP contribution in [0.2, 0.25) is 0 Å². The number of hydrogen-bond acceptors (Lipinski definition) is 4. The normalized spacial score (nSPS) is 11.1. The molecule has 0 spiro atoms. The fourth-order valence-corrected chi connectivity index (χ4v) is 5.75. The van der Waals surface area contributed by atoms with Gasteiger partial charge in [-0.15, -0.1) is 22.2 Å². The SMILES string of the molecule is O=[N+]([O-])c1ccccc1[Si](Cl)(Cl)c1ccccc1[N+](=O)[O-]. The Morgan fingerprint density at radius 2 is 1.10 bits per heavy atom. The fourth-order valence-electron chi connectivity index (χ4n) is 1.94. The Morgan fingerprint density at radius 3 is 1.43 bits per heavy atom. The smallest absolute Gasteiger partial charge is 0.258 e. The first-order chi connectivity index (χ1) is 9.85. The molecular formula is C12H8Cl2N2O4Si. The van der Waals surface area contributed by atoms with E-state index >= 15 is 0 Å². The maximum absolute atomic E-state index is 11.1. The predicted molar refractivity (Wildman–Crippen MR) is 82.9 cm³/mol. The number of nitro groups is 2. The lowest BCUT2D eigenvalue weighted by atomic mass is 10.3. The quantitative estimate of drug-likeness (QED) is 0.369. The molecule has 0 saturated carbocycles. The first kappa shape index (κ1) is 15.4. The van der Waals surface area contributed by atoms with Crippen LogP contribution in [0.5, 0.6) is 0 Å². The zero-order valence-electron chi connectivity index (χ0n) is 10.4. The van der Waals surface area contributed by atoms with E-state index < -0.39 is 16.5 Å². The maximum Gasteiger partial charge on any atom is 0.323 e. The van der Waals surface area contributed by atoms with E-state index in [4.69, 9.17) is 22.2 Å². The molecule has 0 atom stereocenters. The molecule has 0 bridgehead atoms. The van der Waals surface area contributed by atoms with Crippen molar-refractivity contribution in [2.45, 2.75) is 0 Å². The third-order valence-corrected chi connectivity index (χ3v) is 7.52. The summed E-state index contributed by atoms with van der Waals surface area (Å²) in [4.78, 5) is 21.0. The van der Waals surface area contributed by atoms with Crippen molar-refractivity contribution >= 4 is 50.6 Å². The summed E-state index contributed by atoms with van der Waals surface area (Å²) in [6.07, 6.45) is 0. The van der Waals surface area contributed by atoms with Gasteiger partial charge >= 0.3 is 6.69 Å². The van der Waals surface area contributed by atoms with E-state index in [0.717, 1.165) is 0 Å². The van der Waals surface area contributed by atoms with Gasteiger partial charge in [0.05, 0.1) is 20.2 Å². The first-order valence-electron chi connectivity index (χ1n) is 5.71. The average molecular weight is 343 g/mol. The topological polar surface area (TPSA) is 86.3 Å². The van der Waals surface area contributed by atoms with Gasteiger partial charge in [-0.2, -0.15) is 0 Å². The summed E-state index contributed by atoms with van der Waals surface area (Å²) in [6.45, 7) is -3.61. The fraction of sp³-hybridized carbons (Fsp3) is 0. The minimum atomic E-state index is -3.61. The molecule has 0 unspecified atom stereocenters. The second-order valence-electron chi connectivity index (χ2n) is 4.12. The van der Waals surface area contributed by atoms with Gasteiger partial charge in [0.25, 0.3) is 11.4 Å². The van der Waals surface area contributed by atoms with Crippen molar-refractivity contribution in [2.24, 2.45) is 0 Å². The molecule has 2 aromatic rings. The molecule has 0 N–H and O–H groups in total. The molecule has 0 fully saturated rings. The molecule has 0 aliphatic heterocycles. The van der Waals surface area contributed by atoms with Gasteiger partial charge in [0.15, 0.2) is 0 Å². The standard InChI is InChI=1S/C12H8Cl2N2O4Si/c13-21(14,11-7-3-1-5-9(11)15(17)18)12-8-4-2-6-10(12)16(19)20/h1-8H. The summed E-state index contributed by atoms with van der Waals surface area (Å²) in [5, 5.41) is 22.4. The Balaban J connectivity index is 2.69. The molecule has 9 heteroatoms. The van der Waals surface area contributed by atoms with Gasteiger partial charge in [-0.05, 0) is 0 Å². The number of hydrogen-bond donors (Lipinski definition) is 0. The highest BCUT2D eigenvalue weighted by Crippen LogP contribution is 2.24. The van der Waals surface area contributed by atoms with Gasteiger partial charge in [0.1, 0.15) is 0 Å². The number of rotatable bonds is 4. The number of halogens is 2. The van der Waals surface area contributed by atoms with Crippen molar-refractivity contribution < 1.29 is 9.85 Å². The lowest BCUT2D eigenvalue weighted by Gasteiger charge is -2.17. The van der Waals surface area contributed by atoms with Gasteiger partial charge in [-0.25, -0.2) is 0 Å². The van der Waals surface area contributed by atoms with Crippen LogP contribution in [0.1, 0.15) is 0 Å². The molecule has 0 aliphatic carbocycles. The first-order valence-corrected chi connectivity index (χ1v) is 9.73. The summed E-state index contributed by atoms with van der Waals surface area (Å²) in [7, 11) is 0. The van der Waals surface area contributed by atoms with Crippen LogP contribution in [-0.4, -0.2) is 16.5 Å². The van der Waals surface area contributed by atoms with E-state index in [2.05, 4.69) is 0 Å². The van der Waals surface area contributed by atoms with E-state index in [0.29, 0.717) is 0 Å². The molecule has 0 radical (unpaired) electrons. The van der Waals surface area contributed by atoms with Crippen LogP contribution in [0.25, 0.3) is 0 Å². The molecule has 0 heterocycles. The molecule has 21 heavy (non-hydrogen) atoms. The highest BCUT2D eigenvalue weighted by atomic mass is 35.7. The zero-order chi connectivity index (χ0) is 15.6. The molecule has 2 aromatic carbocycles. The lowest BCUT2D eigenvalue weighted by molar-refractivity contribution is -0.383. The average Bonchev–Trinajstić information content (AvgIpc) is 2.47. The van der Waals surface area contributed by atoms with E-state index in [-0.39, 0.29) is 21.7 Å². The molecular weight excluding hydrogens is 335 g/mol. The minimum Gasteiger partial charge on any atom is -0.258 e. The van der Waals surface area contributed by atoms with Gasteiger partial charge in [0.2, 0.25) is 0 Å². The number of nitrogens with zero attached hydrogens (tertiary/aromatic N) is 2. The number of nitro benzene ring substituents is 2. The predicted octanol–water partition coefficient (Wildman–Crippen LogP) is 2.54. The summed E-state index contributed by atoms with van der Waals surface area (Å²) >= 11 is 12.8. The second-order valence-corrected chi connectivity index (χ2v) is 10.3. The van der Waals surface area contributed by atoms with Crippen LogP contribution in [0.4, 0.5) is 11.4 Å². The molecule has 0 saturated heterocycles. The Morgan fingerprint density at radius 1 is 0.762 bits per heavy atom. The maximum atomic E-state index is 11.1. The monoisotopic (exact) mass is 342 g/mol. The molecule has 2 rings (SSSR count). The highest BCUT2D eigenvalue weighted by molar-refractivity contribution is 7.56. The molecule has 0 aromatic heterocycles. The van der Waals surface area contributed by atoms with Crippen molar-refractivity contribution in [3.63, 3.8) is 0 Å². The van der Waals surface area contributed by atoms with Gasteiger partial charge in [-0.1, -0.05) is 36.4 Å². The van der Waals surface area contributed by atoms with E-state index in [1.807, 2.05) is 0 Å². The summed E-state index contributed by atoms with van der Waals surface area (Å²) in [5.74, 6) is 0. The molecule has 0 aliphatic rings. The van der Waals surface area contributed by atoms with Crippen molar-refractivity contribution in [1.82, 2.24) is 0 Å². The largest absolute Gasteiger partial charge is 0.323 e. The van der Waals surface area contributed by atoms with Crippen LogP contribution < -0.4 is 10.4 Å². The highest BCUT2D eigenvalue weighted by Gasteiger charge is 2.43. The summed E-state index contributed by atoms with van der Waals surface area (Å²) in [6, 6.07) is 11.5. The van der Waals surface area contributed by atoms with Crippen LogP contribution in [0.3, 0.4) is 0 Å². The molecule has 108 valence electrons. The van der Waals surface area contributed by atoms with E-state index in [1.54, 1.807) is 12.1 Å². The summed E-state index contributed by atoms with van der Waals surface area (Å²) in [5.41, 5.74) is -0.486. The van der Waals surface area contributed by atoms with Crippen LogP contribution in [0.15, 0.2) is 48.5 Å². The Bertz CT molecular complexity index is 664. The Kier molecular flexibility index (Phi) is 4.26.